The van der Waals surface area contributed by atoms with Crippen LogP contribution < -0.4 is 10.6 Å². The molecule has 4 aromatic rings. The SMILES string of the molecule is O=C(Nc1ccn(Cc2ccc(F)cc2)n1)Nc1cccc2ccccc12. The van der Waals surface area contributed by atoms with E-state index in [1.807, 2.05) is 42.5 Å². The summed E-state index contributed by atoms with van der Waals surface area (Å²) in [5, 5.41) is 11.9. The highest BCUT2D eigenvalue weighted by atomic mass is 19.1. The minimum atomic E-state index is -0.363. The van der Waals surface area contributed by atoms with Crippen molar-refractivity contribution in [2.75, 3.05) is 10.6 Å². The summed E-state index contributed by atoms with van der Waals surface area (Å²) >= 11 is 0. The first kappa shape index (κ1) is 16.8. The number of rotatable bonds is 4. The minimum Gasteiger partial charge on any atom is -0.307 e. The summed E-state index contributed by atoms with van der Waals surface area (Å²) in [6.45, 7) is 0.493. The molecular weight excluding hydrogens is 343 g/mol. The van der Waals surface area contributed by atoms with Gasteiger partial charge < -0.3 is 5.32 Å². The van der Waals surface area contributed by atoms with Crippen LogP contribution in [-0.4, -0.2) is 15.8 Å². The molecule has 3 aromatic carbocycles. The van der Waals surface area contributed by atoms with E-state index in [1.165, 1.54) is 12.1 Å². The average molecular weight is 360 g/mol. The standard InChI is InChI=1S/C21H17FN4O/c22-17-10-8-15(9-11-17)14-26-13-12-20(25-26)24-21(27)23-19-7-3-5-16-4-1-2-6-18(16)19/h1-13H,14H2,(H2,23,24,25,27). The predicted molar refractivity (Wildman–Crippen MR) is 104 cm³/mol. The number of halogens is 1. The Morgan fingerprint density at radius 3 is 2.56 bits per heavy atom. The van der Waals surface area contributed by atoms with E-state index in [-0.39, 0.29) is 11.8 Å². The maximum atomic E-state index is 13.0. The van der Waals surface area contributed by atoms with Crippen LogP contribution in [0.4, 0.5) is 20.7 Å². The first-order chi connectivity index (χ1) is 13.2. The highest BCUT2D eigenvalue weighted by molar-refractivity contribution is 6.05. The Kier molecular flexibility index (Phi) is 4.53. The number of nitrogens with one attached hydrogen (secondary N) is 2. The third-order valence-electron chi connectivity index (χ3n) is 4.18. The van der Waals surface area contributed by atoms with Gasteiger partial charge in [-0.25, -0.2) is 9.18 Å². The molecule has 2 N–H and O–H groups in total. The second kappa shape index (κ2) is 7.29. The van der Waals surface area contributed by atoms with Crippen LogP contribution in [0.15, 0.2) is 79.0 Å². The molecule has 0 atom stereocenters. The van der Waals surface area contributed by atoms with E-state index >= 15 is 0 Å². The number of urea groups is 1. The lowest BCUT2D eigenvalue weighted by molar-refractivity contribution is 0.262. The van der Waals surface area contributed by atoms with Crippen molar-refractivity contribution >= 4 is 28.3 Å². The topological polar surface area (TPSA) is 59.0 Å². The highest BCUT2D eigenvalue weighted by Gasteiger charge is 2.08. The van der Waals surface area contributed by atoms with E-state index in [1.54, 1.807) is 29.1 Å². The fraction of sp³-hybridized carbons (Fsp3) is 0.0476. The molecule has 4 rings (SSSR count). The largest absolute Gasteiger partial charge is 0.324 e. The van der Waals surface area contributed by atoms with Gasteiger partial charge in [-0.3, -0.25) is 10.00 Å². The Morgan fingerprint density at radius 1 is 0.926 bits per heavy atom. The Balaban J connectivity index is 1.42. The zero-order valence-electron chi connectivity index (χ0n) is 14.4. The van der Waals surface area contributed by atoms with Gasteiger partial charge in [0.25, 0.3) is 0 Å². The summed E-state index contributed by atoms with van der Waals surface area (Å²) in [5.41, 5.74) is 1.66. The van der Waals surface area contributed by atoms with E-state index in [4.69, 9.17) is 0 Å². The first-order valence-electron chi connectivity index (χ1n) is 8.51. The normalized spacial score (nSPS) is 10.7. The van der Waals surface area contributed by atoms with Crippen molar-refractivity contribution in [2.24, 2.45) is 0 Å². The number of carbonyl (C=O) groups is 1. The number of carbonyl (C=O) groups excluding carboxylic acids is 1. The molecule has 1 aromatic heterocycles. The van der Waals surface area contributed by atoms with Crippen molar-refractivity contribution in [3.05, 3.63) is 90.4 Å². The number of amides is 2. The maximum absolute atomic E-state index is 13.0. The van der Waals surface area contributed by atoms with Crippen molar-refractivity contribution in [2.45, 2.75) is 6.54 Å². The van der Waals surface area contributed by atoms with Gasteiger partial charge in [-0.1, -0.05) is 48.5 Å². The Labute approximate surface area is 155 Å². The monoisotopic (exact) mass is 360 g/mol. The molecular formula is C21H17FN4O. The molecule has 0 spiro atoms. The number of benzene rings is 3. The van der Waals surface area contributed by atoms with Crippen LogP contribution in [0.2, 0.25) is 0 Å². The fourth-order valence-corrected chi connectivity index (χ4v) is 2.90. The summed E-state index contributed by atoms with van der Waals surface area (Å²) in [6.07, 6.45) is 1.76. The molecule has 0 aliphatic heterocycles. The van der Waals surface area contributed by atoms with Crippen molar-refractivity contribution < 1.29 is 9.18 Å². The van der Waals surface area contributed by atoms with Crippen LogP contribution in [-0.2, 0) is 6.54 Å². The lowest BCUT2D eigenvalue weighted by Crippen LogP contribution is -2.20. The van der Waals surface area contributed by atoms with Gasteiger partial charge in [0.1, 0.15) is 5.82 Å². The second-order valence-electron chi connectivity index (χ2n) is 6.13. The van der Waals surface area contributed by atoms with Gasteiger partial charge in [0.2, 0.25) is 0 Å². The molecule has 0 aliphatic rings. The molecule has 2 amide bonds. The molecule has 0 saturated carbocycles. The van der Waals surface area contributed by atoms with Crippen molar-refractivity contribution in [3.8, 4) is 0 Å². The van der Waals surface area contributed by atoms with Crippen LogP contribution in [0, 0.1) is 5.82 Å². The molecule has 0 aliphatic carbocycles. The zero-order chi connectivity index (χ0) is 18.6. The van der Waals surface area contributed by atoms with Crippen LogP contribution >= 0.6 is 0 Å². The van der Waals surface area contributed by atoms with Crippen LogP contribution in [0.3, 0.4) is 0 Å². The average Bonchev–Trinajstić information content (AvgIpc) is 3.10. The summed E-state index contributed by atoms with van der Waals surface area (Å²) in [4.78, 5) is 12.3. The van der Waals surface area contributed by atoms with Gasteiger partial charge in [-0.15, -0.1) is 0 Å². The van der Waals surface area contributed by atoms with Gasteiger partial charge in [0.05, 0.1) is 12.2 Å². The van der Waals surface area contributed by atoms with E-state index in [0.29, 0.717) is 12.4 Å². The third-order valence-corrected chi connectivity index (χ3v) is 4.18. The van der Waals surface area contributed by atoms with Gasteiger partial charge in [0, 0.05) is 17.6 Å². The van der Waals surface area contributed by atoms with E-state index in [9.17, 15) is 9.18 Å². The third kappa shape index (κ3) is 3.95. The maximum Gasteiger partial charge on any atom is 0.324 e. The Morgan fingerprint density at radius 2 is 1.70 bits per heavy atom. The van der Waals surface area contributed by atoms with Crippen LogP contribution in [0.25, 0.3) is 10.8 Å². The predicted octanol–water partition coefficient (Wildman–Crippen LogP) is 4.87. The number of anilines is 2. The second-order valence-corrected chi connectivity index (χ2v) is 6.13. The van der Waals surface area contributed by atoms with Crippen molar-refractivity contribution in [1.82, 2.24) is 9.78 Å². The number of hydrogen-bond acceptors (Lipinski definition) is 2. The van der Waals surface area contributed by atoms with E-state index in [0.717, 1.165) is 22.0 Å². The molecule has 0 bridgehead atoms. The molecule has 0 radical (unpaired) electrons. The molecule has 0 saturated heterocycles. The Hall–Kier alpha value is -3.67. The van der Waals surface area contributed by atoms with Gasteiger partial charge in [-0.05, 0) is 29.1 Å². The number of aromatic nitrogens is 2. The van der Waals surface area contributed by atoms with Crippen LogP contribution in [0.5, 0.6) is 0 Å². The fourth-order valence-electron chi connectivity index (χ4n) is 2.90. The summed E-state index contributed by atoms with van der Waals surface area (Å²) in [7, 11) is 0. The molecule has 0 fully saturated rings. The van der Waals surface area contributed by atoms with Crippen molar-refractivity contribution in [1.29, 1.82) is 0 Å². The number of nitrogens with zero attached hydrogens (tertiary/aromatic N) is 2. The molecule has 27 heavy (non-hydrogen) atoms. The summed E-state index contributed by atoms with van der Waals surface area (Å²) in [6, 6.07) is 21.2. The summed E-state index contributed by atoms with van der Waals surface area (Å²) in [5.74, 6) is 0.168. The van der Waals surface area contributed by atoms with Crippen LogP contribution in [0.1, 0.15) is 5.56 Å². The van der Waals surface area contributed by atoms with Crippen molar-refractivity contribution in [3.63, 3.8) is 0 Å². The minimum absolute atomic E-state index is 0.272. The molecule has 6 heteroatoms. The first-order valence-corrected chi connectivity index (χ1v) is 8.51. The summed E-state index contributed by atoms with van der Waals surface area (Å²) < 4.78 is 14.7. The van der Waals surface area contributed by atoms with E-state index < -0.39 is 0 Å². The lowest BCUT2D eigenvalue weighted by Gasteiger charge is -2.09. The van der Waals surface area contributed by atoms with Gasteiger partial charge in [0.15, 0.2) is 5.82 Å². The molecule has 0 unspecified atom stereocenters. The lowest BCUT2D eigenvalue weighted by atomic mass is 10.1. The zero-order valence-corrected chi connectivity index (χ0v) is 14.4. The van der Waals surface area contributed by atoms with E-state index in [2.05, 4.69) is 15.7 Å². The van der Waals surface area contributed by atoms with Gasteiger partial charge in [-0.2, -0.15) is 5.10 Å². The molecule has 1 heterocycles. The quantitative estimate of drug-likeness (QED) is 0.546. The molecule has 5 nitrogen and oxygen atoms in total. The molecule has 134 valence electrons. The number of hydrogen-bond donors (Lipinski definition) is 2. The highest BCUT2D eigenvalue weighted by Crippen LogP contribution is 2.23. The Bertz CT molecular complexity index is 1080. The van der Waals surface area contributed by atoms with Gasteiger partial charge >= 0.3 is 6.03 Å². The smallest absolute Gasteiger partial charge is 0.307 e. The number of fused-ring (bicyclic) bond motifs is 1.